The molecule has 0 saturated carbocycles. The van der Waals surface area contributed by atoms with E-state index in [9.17, 15) is 19.5 Å². The lowest BCUT2D eigenvalue weighted by Gasteiger charge is -2.51. The normalized spacial score (nSPS) is 24.3. The molecule has 11 heteroatoms. The van der Waals surface area contributed by atoms with Crippen LogP contribution < -0.4 is 15.6 Å². The molecule has 2 aromatic heterocycles. The van der Waals surface area contributed by atoms with Crippen LogP contribution in [0.25, 0.3) is 22.3 Å². The molecular weight excluding hydrogens is 514 g/mol. The quantitative estimate of drug-likeness (QED) is 0.369. The molecule has 2 fully saturated rings. The van der Waals surface area contributed by atoms with Gasteiger partial charge in [0.1, 0.15) is 12.4 Å². The molecule has 1 aromatic carbocycles. The highest BCUT2D eigenvalue weighted by Crippen LogP contribution is 2.40. The summed E-state index contributed by atoms with van der Waals surface area (Å²) < 4.78 is 12.8. The molecule has 2 N–H and O–H groups in total. The number of hydrogen-bond donors (Lipinski definition) is 2. The number of aromatic nitrogens is 2. The zero-order valence-electron chi connectivity index (χ0n) is 22.7. The maximum atomic E-state index is 13.5. The fraction of sp³-hybridized carbons (Fsp3) is 0.448. The van der Waals surface area contributed by atoms with E-state index in [1.807, 2.05) is 36.0 Å². The first-order chi connectivity index (χ1) is 19.2. The Balaban J connectivity index is 1.32. The van der Waals surface area contributed by atoms with Crippen molar-refractivity contribution in [3.05, 3.63) is 56.9 Å². The number of carbonyl (C=O) groups is 2. The maximum absolute atomic E-state index is 13.5. The number of pyridine rings is 2. The van der Waals surface area contributed by atoms with Crippen molar-refractivity contribution in [2.24, 2.45) is 0 Å². The monoisotopic (exact) mass is 545 g/mol. The molecule has 1 amide bonds. The van der Waals surface area contributed by atoms with Crippen LogP contribution in [0.5, 0.6) is 5.75 Å². The van der Waals surface area contributed by atoms with Gasteiger partial charge in [-0.2, -0.15) is 0 Å². The first-order valence-electron chi connectivity index (χ1n) is 13.7. The van der Waals surface area contributed by atoms with Crippen molar-refractivity contribution in [1.29, 1.82) is 0 Å². The number of rotatable bonds is 4. The molecular formula is C29H31N5O6. The van der Waals surface area contributed by atoms with E-state index in [1.165, 1.54) is 0 Å². The number of ether oxygens (including phenoxy) is 2. The van der Waals surface area contributed by atoms with Crippen LogP contribution in [0.3, 0.4) is 0 Å². The Labute approximate surface area is 230 Å². The number of benzene rings is 1. The second kappa shape index (κ2) is 8.85. The first kappa shape index (κ1) is 25.2. The number of piperazine rings is 1. The van der Waals surface area contributed by atoms with Gasteiger partial charge < -0.3 is 29.4 Å². The van der Waals surface area contributed by atoms with Crippen molar-refractivity contribution in [2.45, 2.75) is 57.1 Å². The van der Waals surface area contributed by atoms with Crippen molar-refractivity contribution in [3.8, 4) is 17.1 Å². The van der Waals surface area contributed by atoms with Crippen LogP contribution in [0.2, 0.25) is 0 Å². The van der Waals surface area contributed by atoms with Gasteiger partial charge in [0.05, 0.1) is 29.0 Å². The van der Waals surface area contributed by atoms with Gasteiger partial charge in [-0.1, -0.05) is 6.92 Å². The minimum absolute atomic E-state index is 0.0879. The van der Waals surface area contributed by atoms with Crippen LogP contribution in [0.4, 0.5) is 4.79 Å². The molecule has 4 aliphatic rings. The molecule has 208 valence electrons. The number of amides is 1. The Bertz CT molecular complexity index is 1650. The summed E-state index contributed by atoms with van der Waals surface area (Å²) in [5.74, 6) is -0.247. The van der Waals surface area contributed by atoms with E-state index in [2.05, 4.69) is 5.32 Å². The number of carbonyl (C=O) groups excluding carboxylic acids is 2. The fourth-order valence-corrected chi connectivity index (χ4v) is 6.59. The summed E-state index contributed by atoms with van der Waals surface area (Å²) in [5.41, 5.74) is 1.98. The number of cyclic esters (lactones) is 1. The molecule has 0 radical (unpaired) electrons. The summed E-state index contributed by atoms with van der Waals surface area (Å²) in [6.45, 7) is 3.90. The van der Waals surface area contributed by atoms with E-state index >= 15 is 0 Å². The molecule has 7 rings (SSSR count). The van der Waals surface area contributed by atoms with Crippen LogP contribution >= 0.6 is 0 Å². The first-order valence-corrected chi connectivity index (χ1v) is 13.7. The molecule has 11 nitrogen and oxygen atoms in total. The van der Waals surface area contributed by atoms with Gasteiger partial charge in [-0.05, 0) is 51.2 Å². The van der Waals surface area contributed by atoms with Crippen LogP contribution in [0.15, 0.2) is 29.1 Å². The van der Waals surface area contributed by atoms with Crippen LogP contribution in [0.1, 0.15) is 42.0 Å². The van der Waals surface area contributed by atoms with Gasteiger partial charge in [-0.25, -0.2) is 14.6 Å². The standard InChI is InChI=1S/C29H31N5O6/c1-4-29(38)21-9-23-25-15(12-33(23)26(35)20(21)14-39-27(29)36)7-18-19(13-32(2)3)24(6-5-22(18)31-25)40-28(37)34-16-8-17(34)11-30-10-16/h5-7,9,16-17,30,38H,4,8,10-14H2,1-3H3/t16?,17?,29-/m0/s1. The zero-order chi connectivity index (χ0) is 27.9. The van der Waals surface area contributed by atoms with Gasteiger partial charge in [0, 0.05) is 53.8 Å². The van der Waals surface area contributed by atoms with E-state index in [1.54, 1.807) is 23.6 Å². The Kier molecular flexibility index (Phi) is 5.57. The molecule has 6 heterocycles. The lowest BCUT2D eigenvalue weighted by atomic mass is 9.86. The second-order valence-corrected chi connectivity index (χ2v) is 11.4. The summed E-state index contributed by atoms with van der Waals surface area (Å²) in [5, 5.41) is 15.3. The number of piperidine rings is 1. The van der Waals surface area contributed by atoms with Crippen molar-refractivity contribution in [2.75, 3.05) is 27.2 Å². The third-order valence-electron chi connectivity index (χ3n) is 8.73. The molecule has 3 aromatic rings. The second-order valence-electron chi connectivity index (χ2n) is 11.4. The Morgan fingerprint density at radius 1 is 1.25 bits per heavy atom. The number of hydrogen-bond acceptors (Lipinski definition) is 9. The maximum Gasteiger partial charge on any atom is 0.415 e. The molecule has 2 unspecified atom stereocenters. The molecule has 40 heavy (non-hydrogen) atoms. The van der Waals surface area contributed by atoms with Gasteiger partial charge >= 0.3 is 12.1 Å². The van der Waals surface area contributed by atoms with Gasteiger partial charge in [-0.15, -0.1) is 0 Å². The third kappa shape index (κ3) is 3.54. The van der Waals surface area contributed by atoms with Crippen molar-refractivity contribution in [3.63, 3.8) is 0 Å². The topological polar surface area (TPSA) is 126 Å². The number of nitrogens with zero attached hydrogens (tertiary/aromatic N) is 4. The van der Waals surface area contributed by atoms with E-state index < -0.39 is 11.6 Å². The molecule has 4 aliphatic heterocycles. The van der Waals surface area contributed by atoms with E-state index in [4.69, 9.17) is 14.5 Å². The highest BCUT2D eigenvalue weighted by Gasteiger charge is 2.46. The SMILES string of the molecule is CC[C@@]1(O)C(=O)OCc2c1cc1n(c2=O)Cc2cc3c(CN(C)C)c(OC(=O)N4C5CNCC4C5)ccc3nc2-1. The van der Waals surface area contributed by atoms with Crippen molar-refractivity contribution >= 4 is 23.0 Å². The number of aliphatic hydroxyl groups is 1. The lowest BCUT2D eigenvalue weighted by molar-refractivity contribution is -0.172. The van der Waals surface area contributed by atoms with Gasteiger partial charge in [-0.3, -0.25) is 9.69 Å². The van der Waals surface area contributed by atoms with Crippen LogP contribution in [-0.2, 0) is 34.8 Å². The van der Waals surface area contributed by atoms with E-state index in [-0.39, 0.29) is 36.8 Å². The average Bonchev–Trinajstić information content (AvgIpc) is 3.29. The lowest BCUT2D eigenvalue weighted by Crippen LogP contribution is -2.69. The minimum atomic E-state index is -1.87. The summed E-state index contributed by atoms with van der Waals surface area (Å²) in [7, 11) is 3.91. The van der Waals surface area contributed by atoms with Crippen molar-refractivity contribution < 1.29 is 24.2 Å². The van der Waals surface area contributed by atoms with Crippen LogP contribution in [-0.4, -0.2) is 75.8 Å². The summed E-state index contributed by atoms with van der Waals surface area (Å²) in [6, 6.07) is 7.67. The van der Waals surface area contributed by atoms with Gasteiger partial charge in [0.15, 0.2) is 5.60 Å². The molecule has 2 bridgehead atoms. The predicted octanol–water partition coefficient (Wildman–Crippen LogP) is 1.69. The third-order valence-corrected chi connectivity index (χ3v) is 8.73. The highest BCUT2D eigenvalue weighted by atomic mass is 16.6. The Morgan fingerprint density at radius 3 is 2.73 bits per heavy atom. The summed E-state index contributed by atoms with van der Waals surface area (Å²) >= 11 is 0. The smallest absolute Gasteiger partial charge is 0.415 e. The molecule has 2 saturated heterocycles. The molecule has 3 atom stereocenters. The predicted molar refractivity (Wildman–Crippen MR) is 145 cm³/mol. The number of fused-ring (bicyclic) bond motifs is 7. The fourth-order valence-electron chi connectivity index (χ4n) is 6.59. The minimum Gasteiger partial charge on any atom is -0.458 e. The number of esters is 1. The largest absolute Gasteiger partial charge is 0.458 e. The summed E-state index contributed by atoms with van der Waals surface area (Å²) in [4.78, 5) is 47.9. The van der Waals surface area contributed by atoms with E-state index in [0.29, 0.717) is 46.9 Å². The van der Waals surface area contributed by atoms with Gasteiger partial charge in [0.2, 0.25) is 0 Å². The highest BCUT2D eigenvalue weighted by molar-refractivity contribution is 5.90. The number of nitrogens with one attached hydrogen (secondary N) is 1. The van der Waals surface area contributed by atoms with Crippen LogP contribution in [0, 0.1) is 0 Å². The van der Waals surface area contributed by atoms with Gasteiger partial charge in [0.25, 0.3) is 5.56 Å². The molecule has 0 spiro atoms. The zero-order valence-corrected chi connectivity index (χ0v) is 22.7. The Morgan fingerprint density at radius 2 is 2.02 bits per heavy atom. The Hall–Kier alpha value is -3.80. The average molecular weight is 546 g/mol. The van der Waals surface area contributed by atoms with E-state index in [0.717, 1.165) is 36.0 Å². The summed E-state index contributed by atoms with van der Waals surface area (Å²) in [6.07, 6.45) is 0.755. The van der Waals surface area contributed by atoms with Crippen molar-refractivity contribution in [1.82, 2.24) is 24.7 Å². The molecule has 0 aliphatic carbocycles.